The van der Waals surface area contributed by atoms with Gasteiger partial charge in [0, 0.05) is 44.3 Å². The summed E-state index contributed by atoms with van der Waals surface area (Å²) in [6.07, 6.45) is 13.0. The van der Waals surface area contributed by atoms with E-state index >= 15 is 0 Å². The van der Waals surface area contributed by atoms with E-state index in [1.165, 1.54) is 61.2 Å². The van der Waals surface area contributed by atoms with E-state index in [1.807, 2.05) is 0 Å². The minimum absolute atomic E-state index is 0.0569. The average molecular weight is 1020 g/mol. The van der Waals surface area contributed by atoms with E-state index in [9.17, 15) is 0 Å². The fraction of sp³-hybridized carbons (Fsp3) is 0.397. The molecule has 8 bridgehead atoms. The summed E-state index contributed by atoms with van der Waals surface area (Å²) >= 11 is 0. The van der Waals surface area contributed by atoms with Crippen molar-refractivity contribution in [2.24, 2.45) is 23.7 Å². The number of H-pyrrole nitrogens is 2. The number of aromatic nitrogens is 4. The predicted octanol–water partition coefficient (Wildman–Crippen LogP) is 20.3. The molecule has 4 heteroatoms. The van der Waals surface area contributed by atoms with Gasteiger partial charge in [0.15, 0.2) is 0 Å². The molecule has 3 aromatic heterocycles. The molecule has 2 aliphatic heterocycles. The van der Waals surface area contributed by atoms with Gasteiger partial charge in [0.25, 0.3) is 0 Å². The molecule has 0 saturated heterocycles. The van der Waals surface area contributed by atoms with Gasteiger partial charge >= 0.3 is 0 Å². The molecule has 0 radical (unpaired) electrons. The van der Waals surface area contributed by atoms with Gasteiger partial charge in [-0.05, 0) is 182 Å². The third-order valence-corrected chi connectivity index (χ3v) is 15.2. The first-order chi connectivity index (χ1) is 36.2. The highest BCUT2D eigenvalue weighted by Gasteiger charge is 2.25. The minimum Gasteiger partial charge on any atom is -0.354 e. The smallest absolute Gasteiger partial charge is 0.0737 e. The van der Waals surface area contributed by atoms with Crippen LogP contribution in [0.25, 0.3) is 90.9 Å². The van der Waals surface area contributed by atoms with Crippen LogP contribution in [0, 0.1) is 30.6 Å². The lowest BCUT2D eigenvalue weighted by Gasteiger charge is -2.22. The van der Waals surface area contributed by atoms with Gasteiger partial charge in [-0.2, -0.15) is 0 Å². The van der Waals surface area contributed by atoms with Gasteiger partial charge in [-0.3, -0.25) is 0 Å². The number of benzene rings is 4. The Balaban J connectivity index is 1.51. The normalized spacial score (nSPS) is 13.1. The second-order valence-corrected chi connectivity index (χ2v) is 27.6. The number of hydrogen-bond donors (Lipinski definition) is 2. The predicted molar refractivity (Wildman–Crippen MR) is 336 cm³/mol. The summed E-state index contributed by atoms with van der Waals surface area (Å²) in [6, 6.07) is 38.1. The third-order valence-electron chi connectivity index (χ3n) is 15.2. The van der Waals surface area contributed by atoms with Gasteiger partial charge in [-0.15, -0.1) is 0 Å². The molecule has 5 heterocycles. The number of fused-ring (bicyclic) bond motifs is 8. The summed E-state index contributed by atoms with van der Waals surface area (Å²) in [5, 5.41) is 0. The Morgan fingerprint density at radius 1 is 0.338 bits per heavy atom. The van der Waals surface area contributed by atoms with Crippen LogP contribution in [0.5, 0.6) is 0 Å². The van der Waals surface area contributed by atoms with E-state index in [0.29, 0.717) is 23.7 Å². The first-order valence-corrected chi connectivity index (χ1v) is 28.9. The molecule has 400 valence electrons. The summed E-state index contributed by atoms with van der Waals surface area (Å²) in [5.41, 5.74) is 27.3. The molecule has 7 aromatic rings. The Morgan fingerprint density at radius 2 is 0.597 bits per heavy atom. The van der Waals surface area contributed by atoms with Crippen LogP contribution in [0.15, 0.2) is 97.1 Å². The van der Waals surface area contributed by atoms with Crippen molar-refractivity contribution in [3.8, 4) is 44.5 Å². The van der Waals surface area contributed by atoms with Crippen LogP contribution in [-0.2, 0) is 41.9 Å². The standard InChI is InChI=1S/C73H88N4/c1-43(2)27-48-33-49(28-44(3)4)35-53(34-48)68-61-21-25-65(76-61)69(54-36-50(29-45(5)6)38-57(41-54)72(13,14)15)63-23-19-59(74-63)67(52-31-47(9)32-56(40-52)71(10,11)12)60-20-24-64(75-60)70(66-26-22-62(68)77-66)55-37-51(30-46(7)8)39-58(42-55)73(16,17)18/h19-26,31-46,74,77H,27-30H2,1-18H3. The number of rotatable bonds is 12. The van der Waals surface area contributed by atoms with Crippen LogP contribution in [0.1, 0.15) is 185 Å². The molecule has 2 N–H and O–H groups in total. The minimum atomic E-state index is -0.0644. The van der Waals surface area contributed by atoms with E-state index in [-0.39, 0.29) is 16.2 Å². The zero-order chi connectivity index (χ0) is 55.5. The van der Waals surface area contributed by atoms with E-state index in [1.54, 1.807) is 0 Å². The Hall–Kier alpha value is -6.52. The third kappa shape index (κ3) is 12.4. The van der Waals surface area contributed by atoms with Gasteiger partial charge in [-0.25, -0.2) is 9.97 Å². The zero-order valence-electron chi connectivity index (χ0n) is 50.1. The summed E-state index contributed by atoms with van der Waals surface area (Å²) in [6.45, 7) is 41.7. The van der Waals surface area contributed by atoms with Crippen molar-refractivity contribution in [2.75, 3.05) is 0 Å². The summed E-state index contributed by atoms with van der Waals surface area (Å²) in [5.74, 6) is 2.04. The Labute approximate surface area is 463 Å². The van der Waals surface area contributed by atoms with E-state index in [0.717, 1.165) is 98.3 Å². The maximum atomic E-state index is 5.84. The van der Waals surface area contributed by atoms with Crippen LogP contribution in [0.4, 0.5) is 0 Å². The van der Waals surface area contributed by atoms with E-state index in [2.05, 4.69) is 256 Å². The van der Waals surface area contributed by atoms with E-state index in [4.69, 9.17) is 9.97 Å². The van der Waals surface area contributed by atoms with Crippen molar-refractivity contribution in [3.63, 3.8) is 0 Å². The molecule has 0 saturated carbocycles. The zero-order valence-corrected chi connectivity index (χ0v) is 50.1. The first kappa shape index (κ1) is 55.2. The maximum absolute atomic E-state index is 5.84. The number of nitrogens with zero attached hydrogens (tertiary/aromatic N) is 2. The molecule has 0 atom stereocenters. The Bertz CT molecular complexity index is 3500. The highest BCUT2D eigenvalue weighted by Crippen LogP contribution is 2.42. The molecule has 2 aliphatic rings. The monoisotopic (exact) mass is 1020 g/mol. The summed E-state index contributed by atoms with van der Waals surface area (Å²) in [7, 11) is 0. The second kappa shape index (κ2) is 21.4. The van der Waals surface area contributed by atoms with Crippen LogP contribution in [-0.4, -0.2) is 19.9 Å². The van der Waals surface area contributed by atoms with Crippen LogP contribution in [0.3, 0.4) is 0 Å². The van der Waals surface area contributed by atoms with Crippen molar-refractivity contribution in [3.05, 3.63) is 164 Å². The SMILES string of the molecule is Cc1cc(-c2c3nc(c(-c4cc(CC(C)C)cc(C(C)(C)C)c4)c4ccc([nH]4)c(-c4cc(CC(C)C)cc(CC(C)C)c4)c4nc(c(-c5cc(CC(C)C)cc(C(C)(C)C)c5)c5ccc2[nH]5)C=C4)C=C3)cc(C(C)(C)C)c1. The van der Waals surface area contributed by atoms with Gasteiger partial charge in [0.05, 0.1) is 22.8 Å². The number of nitrogens with one attached hydrogen (secondary N) is 2. The highest BCUT2D eigenvalue weighted by atomic mass is 14.8. The van der Waals surface area contributed by atoms with Crippen molar-refractivity contribution in [2.45, 2.75) is 167 Å². The van der Waals surface area contributed by atoms with Crippen molar-refractivity contribution < 1.29 is 0 Å². The number of hydrogen-bond acceptors (Lipinski definition) is 2. The topological polar surface area (TPSA) is 57.4 Å². The van der Waals surface area contributed by atoms with Crippen molar-refractivity contribution in [1.29, 1.82) is 0 Å². The van der Waals surface area contributed by atoms with Crippen LogP contribution < -0.4 is 0 Å². The fourth-order valence-corrected chi connectivity index (χ4v) is 11.6. The Kier molecular flexibility index (Phi) is 15.3. The van der Waals surface area contributed by atoms with E-state index < -0.39 is 0 Å². The quantitative estimate of drug-likeness (QED) is 0.128. The van der Waals surface area contributed by atoms with Crippen LogP contribution >= 0.6 is 0 Å². The molecule has 4 aromatic carbocycles. The lowest BCUT2D eigenvalue weighted by atomic mass is 9.83. The lowest BCUT2D eigenvalue weighted by Crippen LogP contribution is -2.12. The van der Waals surface area contributed by atoms with Crippen molar-refractivity contribution >= 4 is 46.4 Å². The molecule has 0 fully saturated rings. The molecule has 0 spiro atoms. The van der Waals surface area contributed by atoms with Gasteiger partial charge in [0.1, 0.15) is 0 Å². The molecule has 4 nitrogen and oxygen atoms in total. The molecule has 0 amide bonds. The maximum Gasteiger partial charge on any atom is 0.0737 e. The molecule has 0 unspecified atom stereocenters. The first-order valence-electron chi connectivity index (χ1n) is 28.9. The molecule has 77 heavy (non-hydrogen) atoms. The van der Waals surface area contributed by atoms with Gasteiger partial charge in [-0.1, -0.05) is 196 Å². The average Bonchev–Trinajstić information content (AvgIpc) is 4.23. The molecule has 0 aliphatic carbocycles. The van der Waals surface area contributed by atoms with Gasteiger partial charge in [0.2, 0.25) is 0 Å². The summed E-state index contributed by atoms with van der Waals surface area (Å²) in [4.78, 5) is 19.9. The Morgan fingerprint density at radius 3 is 0.883 bits per heavy atom. The van der Waals surface area contributed by atoms with Crippen LogP contribution in [0.2, 0.25) is 0 Å². The molecular formula is C73H88N4. The lowest BCUT2D eigenvalue weighted by molar-refractivity contribution is 0.586. The second-order valence-electron chi connectivity index (χ2n) is 27.6. The molecular weight excluding hydrogens is 933 g/mol. The number of aryl methyl sites for hydroxylation is 1. The summed E-state index contributed by atoms with van der Waals surface area (Å²) < 4.78 is 0. The number of aromatic amines is 2. The highest BCUT2D eigenvalue weighted by molar-refractivity contribution is 6.00. The fourth-order valence-electron chi connectivity index (χ4n) is 11.6. The van der Waals surface area contributed by atoms with Gasteiger partial charge < -0.3 is 9.97 Å². The molecule has 9 rings (SSSR count). The van der Waals surface area contributed by atoms with Crippen molar-refractivity contribution in [1.82, 2.24) is 19.9 Å². The largest absolute Gasteiger partial charge is 0.354 e.